The highest BCUT2D eigenvalue weighted by Gasteiger charge is 2.31. The Morgan fingerprint density at radius 2 is 1.81 bits per heavy atom. The molecule has 1 atom stereocenters. The Morgan fingerprint density at radius 3 is 2.56 bits per heavy atom. The molecule has 1 aliphatic heterocycles. The van der Waals surface area contributed by atoms with Crippen molar-refractivity contribution < 1.29 is 14.3 Å². The van der Waals surface area contributed by atoms with Crippen LogP contribution in [0.25, 0.3) is 0 Å². The lowest BCUT2D eigenvalue weighted by molar-refractivity contribution is -0.128. The Labute approximate surface area is 161 Å². The monoisotopic (exact) mass is 365 g/mol. The van der Waals surface area contributed by atoms with E-state index in [1.165, 1.54) is 18.4 Å². The van der Waals surface area contributed by atoms with Crippen LogP contribution in [0, 0.1) is 0 Å². The summed E-state index contributed by atoms with van der Waals surface area (Å²) in [5, 5.41) is 0. The molecule has 142 valence electrons. The number of carbonyl (C=O) groups excluding carboxylic acids is 1. The molecule has 0 aromatic heterocycles. The van der Waals surface area contributed by atoms with E-state index in [1.54, 1.807) is 7.11 Å². The van der Waals surface area contributed by atoms with Gasteiger partial charge in [0.2, 0.25) is 5.91 Å². The molecule has 4 rings (SSSR count). The summed E-state index contributed by atoms with van der Waals surface area (Å²) in [4.78, 5) is 14.5. The fraction of sp³-hybridized carbons (Fsp3) is 0.435. The molecule has 27 heavy (non-hydrogen) atoms. The van der Waals surface area contributed by atoms with Gasteiger partial charge in [0.25, 0.3) is 0 Å². The highest BCUT2D eigenvalue weighted by molar-refractivity contribution is 5.79. The van der Waals surface area contributed by atoms with Crippen LogP contribution in [0.2, 0.25) is 0 Å². The van der Waals surface area contributed by atoms with E-state index < -0.39 is 0 Å². The molecule has 4 heteroatoms. The van der Waals surface area contributed by atoms with Crippen LogP contribution >= 0.6 is 0 Å². The van der Waals surface area contributed by atoms with Gasteiger partial charge in [0.05, 0.1) is 13.2 Å². The van der Waals surface area contributed by atoms with Gasteiger partial charge < -0.3 is 14.4 Å². The largest absolute Gasteiger partial charge is 0.493 e. The van der Waals surface area contributed by atoms with Crippen molar-refractivity contribution in [3.8, 4) is 11.5 Å². The van der Waals surface area contributed by atoms with Crippen molar-refractivity contribution in [2.75, 3.05) is 13.7 Å². The summed E-state index contributed by atoms with van der Waals surface area (Å²) < 4.78 is 11.7. The maximum absolute atomic E-state index is 12.5. The van der Waals surface area contributed by atoms with Crippen LogP contribution in [0.4, 0.5) is 0 Å². The first-order chi connectivity index (χ1) is 13.2. The Balaban J connectivity index is 1.48. The van der Waals surface area contributed by atoms with Crippen LogP contribution < -0.4 is 9.47 Å². The van der Waals surface area contributed by atoms with Gasteiger partial charge in [-0.25, -0.2) is 0 Å². The Bertz CT molecular complexity index is 783. The molecule has 0 N–H and O–H groups in total. The molecule has 2 aromatic carbocycles. The Morgan fingerprint density at radius 1 is 1.04 bits per heavy atom. The number of hydrogen-bond acceptors (Lipinski definition) is 3. The molecule has 0 spiro atoms. The fourth-order valence-corrected chi connectivity index (χ4v) is 4.18. The van der Waals surface area contributed by atoms with Gasteiger partial charge in [-0.05, 0) is 48.9 Å². The summed E-state index contributed by atoms with van der Waals surface area (Å²) in [5.74, 6) is 2.02. The van der Waals surface area contributed by atoms with Gasteiger partial charge in [-0.1, -0.05) is 36.4 Å². The summed E-state index contributed by atoms with van der Waals surface area (Å²) in [7, 11) is 1.68. The fourth-order valence-electron chi connectivity index (χ4n) is 4.18. The van der Waals surface area contributed by atoms with Gasteiger partial charge in [0.1, 0.15) is 0 Å². The quantitative estimate of drug-likeness (QED) is 0.755. The van der Waals surface area contributed by atoms with Crippen LogP contribution in [0.1, 0.15) is 49.1 Å². The second-order valence-electron chi connectivity index (χ2n) is 7.60. The first kappa shape index (κ1) is 17.9. The number of ether oxygens (including phenoxy) is 2. The highest BCUT2D eigenvalue weighted by Crippen LogP contribution is 2.37. The maximum atomic E-state index is 12.5. The van der Waals surface area contributed by atoms with Crippen molar-refractivity contribution in [1.82, 2.24) is 4.90 Å². The number of nitrogens with zero attached hydrogens (tertiary/aromatic N) is 1. The van der Waals surface area contributed by atoms with Crippen molar-refractivity contribution in [3.05, 3.63) is 59.7 Å². The molecule has 1 saturated carbocycles. The Kier molecular flexibility index (Phi) is 5.33. The standard InChI is InChI=1S/C23H27NO3/c1-26-21-12-11-18(13-22(21)27-20-9-5-6-10-20)19-14-23(25)24(16-19)15-17-7-3-2-4-8-17/h2-4,7-8,11-13,19-20H,5-6,9-10,14-16H2,1H3/t19-/m1/s1. The molecule has 2 aromatic rings. The van der Waals surface area contributed by atoms with E-state index >= 15 is 0 Å². The van der Waals surface area contributed by atoms with Crippen LogP contribution in [0.3, 0.4) is 0 Å². The molecule has 0 bridgehead atoms. The van der Waals surface area contributed by atoms with E-state index in [9.17, 15) is 4.79 Å². The molecular formula is C23H27NO3. The lowest BCUT2D eigenvalue weighted by Crippen LogP contribution is -2.24. The zero-order chi connectivity index (χ0) is 18.6. The predicted octanol–water partition coefficient (Wildman–Crippen LogP) is 4.53. The molecule has 0 unspecified atom stereocenters. The average Bonchev–Trinajstić information content (AvgIpc) is 3.33. The van der Waals surface area contributed by atoms with E-state index in [1.807, 2.05) is 29.2 Å². The van der Waals surface area contributed by atoms with E-state index in [4.69, 9.17) is 9.47 Å². The van der Waals surface area contributed by atoms with Gasteiger partial charge in [-0.15, -0.1) is 0 Å². The molecule has 4 nitrogen and oxygen atoms in total. The molecular weight excluding hydrogens is 338 g/mol. The van der Waals surface area contributed by atoms with Crippen molar-refractivity contribution in [2.24, 2.45) is 0 Å². The van der Waals surface area contributed by atoms with Crippen molar-refractivity contribution in [3.63, 3.8) is 0 Å². The van der Waals surface area contributed by atoms with E-state index in [0.717, 1.165) is 36.4 Å². The first-order valence-corrected chi connectivity index (χ1v) is 9.89. The lowest BCUT2D eigenvalue weighted by Gasteiger charge is -2.19. The van der Waals surface area contributed by atoms with Gasteiger partial charge in [-0.3, -0.25) is 4.79 Å². The second-order valence-corrected chi connectivity index (χ2v) is 7.60. The SMILES string of the molecule is COc1ccc([C@@H]2CC(=O)N(Cc3ccccc3)C2)cc1OC1CCCC1. The smallest absolute Gasteiger partial charge is 0.223 e. The first-order valence-electron chi connectivity index (χ1n) is 9.89. The number of rotatable bonds is 6. The number of likely N-dealkylation sites (tertiary alicyclic amines) is 1. The maximum Gasteiger partial charge on any atom is 0.223 e. The number of carbonyl (C=O) groups is 1. The van der Waals surface area contributed by atoms with Crippen LogP contribution in [0.5, 0.6) is 11.5 Å². The predicted molar refractivity (Wildman–Crippen MR) is 105 cm³/mol. The Hall–Kier alpha value is -2.49. The molecule has 1 saturated heterocycles. The van der Waals surface area contributed by atoms with Crippen LogP contribution in [-0.4, -0.2) is 30.6 Å². The van der Waals surface area contributed by atoms with Crippen molar-refractivity contribution in [1.29, 1.82) is 0 Å². The van der Waals surface area contributed by atoms with Crippen molar-refractivity contribution >= 4 is 5.91 Å². The summed E-state index contributed by atoms with van der Waals surface area (Å²) in [6.45, 7) is 1.43. The van der Waals surface area contributed by atoms with E-state index in [0.29, 0.717) is 13.0 Å². The van der Waals surface area contributed by atoms with Crippen LogP contribution in [0.15, 0.2) is 48.5 Å². The molecule has 2 fully saturated rings. The molecule has 1 aliphatic carbocycles. The third-order valence-electron chi connectivity index (χ3n) is 5.69. The minimum atomic E-state index is 0.207. The average molecular weight is 365 g/mol. The normalized spacial score (nSPS) is 20.3. The molecule has 1 heterocycles. The van der Waals surface area contributed by atoms with Gasteiger partial charge in [0.15, 0.2) is 11.5 Å². The number of hydrogen-bond donors (Lipinski definition) is 0. The van der Waals surface area contributed by atoms with Gasteiger partial charge >= 0.3 is 0 Å². The minimum absolute atomic E-state index is 0.207. The topological polar surface area (TPSA) is 38.8 Å². The van der Waals surface area contributed by atoms with Gasteiger partial charge in [0, 0.05) is 25.4 Å². The minimum Gasteiger partial charge on any atom is -0.493 e. The number of methoxy groups -OCH3 is 1. The highest BCUT2D eigenvalue weighted by atomic mass is 16.5. The zero-order valence-corrected chi connectivity index (χ0v) is 15.9. The molecule has 2 aliphatic rings. The third kappa shape index (κ3) is 4.10. The van der Waals surface area contributed by atoms with E-state index in [-0.39, 0.29) is 17.9 Å². The van der Waals surface area contributed by atoms with Gasteiger partial charge in [-0.2, -0.15) is 0 Å². The summed E-state index contributed by atoms with van der Waals surface area (Å²) in [5.41, 5.74) is 2.33. The summed E-state index contributed by atoms with van der Waals surface area (Å²) in [6, 6.07) is 16.3. The molecule has 0 radical (unpaired) electrons. The summed E-state index contributed by atoms with van der Waals surface area (Å²) >= 11 is 0. The third-order valence-corrected chi connectivity index (χ3v) is 5.69. The van der Waals surface area contributed by atoms with E-state index in [2.05, 4.69) is 24.3 Å². The summed E-state index contributed by atoms with van der Waals surface area (Å²) in [6.07, 6.45) is 5.53. The zero-order valence-electron chi connectivity index (χ0n) is 15.9. The van der Waals surface area contributed by atoms with Crippen LogP contribution in [-0.2, 0) is 11.3 Å². The second kappa shape index (κ2) is 8.03. The molecule has 1 amide bonds. The number of amides is 1. The number of benzene rings is 2. The van der Waals surface area contributed by atoms with Crippen molar-refractivity contribution in [2.45, 2.75) is 50.7 Å². The lowest BCUT2D eigenvalue weighted by atomic mass is 9.98.